The lowest BCUT2D eigenvalue weighted by Gasteiger charge is -2.08. The standard InChI is InChI=1S/C20H18ClN3O4/c1-11-15(10-18(25)23-20(22)27)16-9-14(28-2)7-8-17(16)24(11)19(26)12-3-5-13(21)6-4-12/h3-9H,10H2,1-2H3,(H3,22,23,25,27). The van der Waals surface area contributed by atoms with Crippen molar-refractivity contribution in [3.63, 3.8) is 0 Å². The first-order valence-electron chi connectivity index (χ1n) is 8.39. The maximum absolute atomic E-state index is 13.1. The van der Waals surface area contributed by atoms with Crippen LogP contribution in [0, 0.1) is 6.92 Å². The zero-order valence-electron chi connectivity index (χ0n) is 15.3. The van der Waals surface area contributed by atoms with E-state index >= 15 is 0 Å². The third kappa shape index (κ3) is 3.70. The molecule has 0 aliphatic heterocycles. The second kappa shape index (κ2) is 7.74. The number of aromatic nitrogens is 1. The van der Waals surface area contributed by atoms with Crippen LogP contribution in [0.25, 0.3) is 10.9 Å². The Balaban J connectivity index is 2.16. The molecule has 3 amide bonds. The van der Waals surface area contributed by atoms with Gasteiger partial charge in [-0.1, -0.05) is 11.6 Å². The van der Waals surface area contributed by atoms with E-state index in [4.69, 9.17) is 22.1 Å². The number of amides is 3. The Hall–Kier alpha value is -3.32. The van der Waals surface area contributed by atoms with Gasteiger partial charge in [0.05, 0.1) is 19.0 Å². The molecule has 0 radical (unpaired) electrons. The predicted octanol–water partition coefficient (Wildman–Crippen LogP) is 3.04. The lowest BCUT2D eigenvalue weighted by atomic mass is 10.1. The molecule has 144 valence electrons. The summed E-state index contributed by atoms with van der Waals surface area (Å²) in [4.78, 5) is 36.2. The molecule has 8 heteroatoms. The number of rotatable bonds is 4. The van der Waals surface area contributed by atoms with E-state index in [2.05, 4.69) is 0 Å². The average molecular weight is 400 g/mol. The van der Waals surface area contributed by atoms with E-state index in [9.17, 15) is 14.4 Å². The van der Waals surface area contributed by atoms with Gasteiger partial charge < -0.3 is 10.5 Å². The van der Waals surface area contributed by atoms with Gasteiger partial charge in [-0.15, -0.1) is 0 Å². The van der Waals surface area contributed by atoms with E-state index < -0.39 is 11.9 Å². The minimum Gasteiger partial charge on any atom is -0.497 e. The lowest BCUT2D eigenvalue weighted by molar-refractivity contribution is -0.119. The number of ether oxygens (including phenoxy) is 1. The molecule has 28 heavy (non-hydrogen) atoms. The zero-order chi connectivity index (χ0) is 20.4. The van der Waals surface area contributed by atoms with Gasteiger partial charge in [-0.25, -0.2) is 4.79 Å². The van der Waals surface area contributed by atoms with Gasteiger partial charge in [-0.05, 0) is 55.0 Å². The highest BCUT2D eigenvalue weighted by Crippen LogP contribution is 2.30. The molecule has 0 spiro atoms. The Kier molecular flexibility index (Phi) is 5.37. The number of methoxy groups -OCH3 is 1. The van der Waals surface area contributed by atoms with Crippen molar-refractivity contribution in [3.05, 3.63) is 64.3 Å². The Labute approximate surface area is 166 Å². The molecule has 0 unspecified atom stereocenters. The number of imide groups is 1. The Morgan fingerprint density at radius 2 is 1.82 bits per heavy atom. The van der Waals surface area contributed by atoms with Crippen molar-refractivity contribution in [2.75, 3.05) is 7.11 Å². The number of nitrogens with one attached hydrogen (secondary N) is 1. The van der Waals surface area contributed by atoms with Gasteiger partial charge in [0.25, 0.3) is 5.91 Å². The SMILES string of the molecule is COc1ccc2c(c1)c(CC(=O)NC(N)=O)c(C)n2C(=O)c1ccc(Cl)cc1. The summed E-state index contributed by atoms with van der Waals surface area (Å²) in [7, 11) is 1.53. The van der Waals surface area contributed by atoms with Crippen molar-refractivity contribution < 1.29 is 19.1 Å². The first-order chi connectivity index (χ1) is 13.3. The number of nitrogens with two attached hydrogens (primary N) is 1. The maximum Gasteiger partial charge on any atom is 0.318 e. The Bertz CT molecular complexity index is 1090. The zero-order valence-corrected chi connectivity index (χ0v) is 16.0. The summed E-state index contributed by atoms with van der Waals surface area (Å²) in [6.45, 7) is 1.74. The number of hydrogen-bond acceptors (Lipinski definition) is 4. The van der Waals surface area contributed by atoms with Gasteiger partial charge in [0.15, 0.2) is 0 Å². The van der Waals surface area contributed by atoms with Crippen LogP contribution in [0.1, 0.15) is 21.6 Å². The van der Waals surface area contributed by atoms with E-state index in [1.54, 1.807) is 49.4 Å². The van der Waals surface area contributed by atoms with Crippen LogP contribution >= 0.6 is 11.6 Å². The molecule has 3 N–H and O–H groups in total. The third-order valence-corrected chi connectivity index (χ3v) is 4.69. The molecule has 0 saturated carbocycles. The number of benzene rings is 2. The van der Waals surface area contributed by atoms with Crippen LogP contribution < -0.4 is 15.8 Å². The summed E-state index contributed by atoms with van der Waals surface area (Å²) >= 11 is 5.91. The highest BCUT2D eigenvalue weighted by Gasteiger charge is 2.22. The van der Waals surface area contributed by atoms with Crippen LogP contribution in [0.3, 0.4) is 0 Å². The highest BCUT2D eigenvalue weighted by molar-refractivity contribution is 6.30. The van der Waals surface area contributed by atoms with Crippen molar-refractivity contribution in [3.8, 4) is 5.75 Å². The number of primary amides is 1. The predicted molar refractivity (Wildman–Crippen MR) is 106 cm³/mol. The Morgan fingerprint density at radius 1 is 1.14 bits per heavy atom. The molecule has 2 aromatic carbocycles. The monoisotopic (exact) mass is 399 g/mol. The molecule has 0 aliphatic rings. The van der Waals surface area contributed by atoms with Gasteiger partial charge in [0, 0.05) is 21.7 Å². The summed E-state index contributed by atoms with van der Waals surface area (Å²) < 4.78 is 6.80. The highest BCUT2D eigenvalue weighted by atomic mass is 35.5. The number of fused-ring (bicyclic) bond motifs is 1. The molecular weight excluding hydrogens is 382 g/mol. The maximum atomic E-state index is 13.1. The number of nitrogens with zero attached hydrogens (tertiary/aromatic N) is 1. The minimum atomic E-state index is -0.929. The molecule has 0 fully saturated rings. The van der Waals surface area contributed by atoms with E-state index in [0.717, 1.165) is 0 Å². The molecule has 1 heterocycles. The number of carbonyl (C=O) groups excluding carboxylic acids is 3. The van der Waals surface area contributed by atoms with Crippen molar-refractivity contribution in [2.45, 2.75) is 13.3 Å². The molecular formula is C20H18ClN3O4. The molecule has 0 bridgehead atoms. The Morgan fingerprint density at radius 3 is 2.43 bits per heavy atom. The van der Waals surface area contributed by atoms with Crippen LogP contribution in [-0.2, 0) is 11.2 Å². The van der Waals surface area contributed by atoms with E-state index in [1.165, 1.54) is 11.7 Å². The molecule has 0 atom stereocenters. The molecule has 0 saturated heterocycles. The summed E-state index contributed by atoms with van der Waals surface area (Å²) in [6.07, 6.45) is -0.112. The first-order valence-corrected chi connectivity index (χ1v) is 8.77. The fourth-order valence-electron chi connectivity index (χ4n) is 3.14. The largest absolute Gasteiger partial charge is 0.497 e. The summed E-state index contributed by atoms with van der Waals surface area (Å²) in [6, 6.07) is 10.9. The van der Waals surface area contributed by atoms with Crippen LogP contribution in [0.15, 0.2) is 42.5 Å². The smallest absolute Gasteiger partial charge is 0.318 e. The van der Waals surface area contributed by atoms with E-state index in [-0.39, 0.29) is 12.3 Å². The second-order valence-electron chi connectivity index (χ2n) is 6.18. The van der Waals surface area contributed by atoms with Crippen molar-refractivity contribution >= 4 is 40.3 Å². The van der Waals surface area contributed by atoms with Crippen molar-refractivity contribution in [2.24, 2.45) is 5.73 Å². The van der Waals surface area contributed by atoms with Gasteiger partial charge >= 0.3 is 6.03 Å². The number of halogens is 1. The van der Waals surface area contributed by atoms with Gasteiger partial charge in [0.2, 0.25) is 5.91 Å². The summed E-state index contributed by atoms with van der Waals surface area (Å²) in [5.74, 6) is -0.234. The fraction of sp³-hybridized carbons (Fsp3) is 0.150. The molecule has 0 aliphatic carbocycles. The topological polar surface area (TPSA) is 103 Å². The lowest BCUT2D eigenvalue weighted by Crippen LogP contribution is -2.36. The van der Waals surface area contributed by atoms with Gasteiger partial charge in [0.1, 0.15) is 5.75 Å². The van der Waals surface area contributed by atoms with Crippen molar-refractivity contribution in [1.82, 2.24) is 9.88 Å². The normalized spacial score (nSPS) is 10.7. The van der Waals surface area contributed by atoms with Crippen molar-refractivity contribution in [1.29, 1.82) is 0 Å². The van der Waals surface area contributed by atoms with Gasteiger partial charge in [-0.2, -0.15) is 0 Å². The average Bonchev–Trinajstić information content (AvgIpc) is 2.92. The fourth-order valence-corrected chi connectivity index (χ4v) is 3.26. The first kappa shape index (κ1) is 19.4. The summed E-state index contributed by atoms with van der Waals surface area (Å²) in [5, 5.41) is 3.25. The third-order valence-electron chi connectivity index (χ3n) is 4.44. The second-order valence-corrected chi connectivity index (χ2v) is 6.62. The van der Waals surface area contributed by atoms with Crippen LogP contribution in [-0.4, -0.2) is 29.5 Å². The molecule has 7 nitrogen and oxygen atoms in total. The number of carbonyl (C=O) groups is 3. The number of hydrogen-bond donors (Lipinski definition) is 2. The van der Waals surface area contributed by atoms with E-state index in [1.807, 2.05) is 5.32 Å². The minimum absolute atomic E-state index is 0.112. The molecule has 1 aromatic heterocycles. The summed E-state index contributed by atoms with van der Waals surface area (Å²) in [5.41, 5.74) is 7.29. The molecule has 3 aromatic rings. The van der Waals surface area contributed by atoms with Crippen LogP contribution in [0.5, 0.6) is 5.75 Å². The molecule has 3 rings (SSSR count). The van der Waals surface area contributed by atoms with Gasteiger partial charge in [-0.3, -0.25) is 19.5 Å². The quantitative estimate of drug-likeness (QED) is 0.703. The van der Waals surface area contributed by atoms with E-state index in [0.29, 0.717) is 38.5 Å². The van der Waals surface area contributed by atoms with Crippen LogP contribution in [0.2, 0.25) is 5.02 Å². The van der Waals surface area contributed by atoms with Crippen LogP contribution in [0.4, 0.5) is 4.79 Å². The number of urea groups is 1.